The van der Waals surface area contributed by atoms with Gasteiger partial charge in [0, 0.05) is 18.3 Å². The molecule has 0 heterocycles. The quantitative estimate of drug-likeness (QED) is 0.801. The maximum Gasteiger partial charge on any atom is 0.412 e. The Morgan fingerprint density at radius 2 is 1.76 bits per heavy atom. The minimum absolute atomic E-state index is 0.212. The molecule has 8 heteroatoms. The summed E-state index contributed by atoms with van der Waals surface area (Å²) in [5, 5.41) is 2.55. The average Bonchev–Trinajstić information content (AvgIpc) is 2.59. The van der Waals surface area contributed by atoms with Crippen LogP contribution in [0.3, 0.4) is 0 Å². The number of carbonyl (C=O) groups excluding carboxylic acids is 3. The number of rotatable bonds is 5. The van der Waals surface area contributed by atoms with Gasteiger partial charge in [-0.2, -0.15) is 0 Å². The molecular weight excluding hydrogens is 377 g/mol. The maximum absolute atomic E-state index is 13.6. The SMILES string of the molecule is CN(C(=O)c1cccc(NC(=O)OC(C)(C)C)c1)C(C(N)=O)c1cccc(F)c1. The highest BCUT2D eigenvalue weighted by molar-refractivity contribution is 5.98. The summed E-state index contributed by atoms with van der Waals surface area (Å²) in [6, 6.07) is 10.3. The van der Waals surface area contributed by atoms with Crippen molar-refractivity contribution in [3.05, 3.63) is 65.5 Å². The first-order valence-electron chi connectivity index (χ1n) is 8.90. The van der Waals surface area contributed by atoms with E-state index in [9.17, 15) is 18.8 Å². The molecule has 0 saturated carbocycles. The van der Waals surface area contributed by atoms with Gasteiger partial charge in [-0.3, -0.25) is 14.9 Å². The van der Waals surface area contributed by atoms with Crippen molar-refractivity contribution in [2.45, 2.75) is 32.4 Å². The van der Waals surface area contributed by atoms with Crippen molar-refractivity contribution in [3.63, 3.8) is 0 Å². The van der Waals surface area contributed by atoms with Gasteiger partial charge in [-0.05, 0) is 56.7 Å². The third-order valence-electron chi connectivity index (χ3n) is 3.90. The van der Waals surface area contributed by atoms with Gasteiger partial charge in [0.15, 0.2) is 0 Å². The first-order valence-corrected chi connectivity index (χ1v) is 8.90. The topological polar surface area (TPSA) is 102 Å². The lowest BCUT2D eigenvalue weighted by Gasteiger charge is -2.26. The van der Waals surface area contributed by atoms with Crippen molar-refractivity contribution in [1.29, 1.82) is 0 Å². The molecule has 0 bridgehead atoms. The molecule has 1 atom stereocenters. The predicted molar refractivity (Wildman–Crippen MR) is 107 cm³/mol. The van der Waals surface area contributed by atoms with Crippen molar-refractivity contribution in [2.75, 3.05) is 12.4 Å². The second-order valence-corrected chi connectivity index (χ2v) is 7.48. The average molecular weight is 401 g/mol. The Labute approximate surface area is 168 Å². The van der Waals surface area contributed by atoms with Crippen LogP contribution in [0.1, 0.15) is 42.7 Å². The van der Waals surface area contributed by atoms with Crippen LogP contribution in [-0.4, -0.2) is 35.5 Å². The fourth-order valence-corrected chi connectivity index (χ4v) is 2.73. The van der Waals surface area contributed by atoms with Crippen LogP contribution in [0.25, 0.3) is 0 Å². The lowest BCUT2D eigenvalue weighted by molar-refractivity contribution is -0.122. The normalized spacial score (nSPS) is 12.0. The molecule has 0 spiro atoms. The standard InChI is InChI=1S/C21H24FN3O4/c1-21(2,3)29-20(28)24-16-10-6-8-14(12-16)19(27)25(4)17(18(23)26)13-7-5-9-15(22)11-13/h5-12,17H,1-4H3,(H2,23,26)(H,24,28). The molecule has 0 aliphatic heterocycles. The zero-order valence-corrected chi connectivity index (χ0v) is 16.7. The van der Waals surface area contributed by atoms with Gasteiger partial charge in [0.1, 0.15) is 17.5 Å². The molecule has 3 N–H and O–H groups in total. The molecule has 154 valence electrons. The first-order chi connectivity index (χ1) is 13.5. The van der Waals surface area contributed by atoms with Gasteiger partial charge >= 0.3 is 6.09 Å². The molecule has 2 aromatic carbocycles. The third-order valence-corrected chi connectivity index (χ3v) is 3.90. The van der Waals surface area contributed by atoms with Crippen LogP contribution in [0.5, 0.6) is 0 Å². The first kappa shape index (κ1) is 21.9. The molecule has 0 aliphatic rings. The van der Waals surface area contributed by atoms with E-state index < -0.39 is 35.4 Å². The van der Waals surface area contributed by atoms with Crippen LogP contribution in [0.2, 0.25) is 0 Å². The molecule has 0 fully saturated rings. The summed E-state index contributed by atoms with van der Waals surface area (Å²) in [5.74, 6) is -1.86. The Morgan fingerprint density at radius 1 is 1.10 bits per heavy atom. The molecule has 0 aliphatic carbocycles. The van der Waals surface area contributed by atoms with E-state index in [1.165, 1.54) is 37.4 Å². The van der Waals surface area contributed by atoms with E-state index in [0.717, 1.165) is 11.0 Å². The number of ether oxygens (including phenoxy) is 1. The molecule has 1 unspecified atom stereocenters. The number of benzene rings is 2. The summed E-state index contributed by atoms with van der Waals surface area (Å²) >= 11 is 0. The summed E-state index contributed by atoms with van der Waals surface area (Å²) < 4.78 is 18.7. The van der Waals surface area contributed by atoms with E-state index in [1.54, 1.807) is 32.9 Å². The van der Waals surface area contributed by atoms with Crippen LogP contribution in [0, 0.1) is 5.82 Å². The van der Waals surface area contributed by atoms with Crippen LogP contribution in [0.4, 0.5) is 14.9 Å². The zero-order chi connectivity index (χ0) is 21.8. The Hall–Kier alpha value is -3.42. The second kappa shape index (κ2) is 8.72. The molecule has 0 radical (unpaired) electrons. The van der Waals surface area contributed by atoms with Crippen molar-refractivity contribution in [1.82, 2.24) is 4.90 Å². The van der Waals surface area contributed by atoms with Gasteiger partial charge in [0.25, 0.3) is 5.91 Å². The molecule has 2 aromatic rings. The smallest absolute Gasteiger partial charge is 0.412 e. The molecule has 0 aromatic heterocycles. The largest absolute Gasteiger partial charge is 0.444 e. The summed E-state index contributed by atoms with van der Waals surface area (Å²) in [4.78, 5) is 37.9. The Bertz CT molecular complexity index is 924. The zero-order valence-electron chi connectivity index (χ0n) is 16.7. The number of hydrogen-bond acceptors (Lipinski definition) is 4. The van der Waals surface area contributed by atoms with Crippen molar-refractivity contribution in [3.8, 4) is 0 Å². The Morgan fingerprint density at radius 3 is 2.34 bits per heavy atom. The van der Waals surface area contributed by atoms with Crippen molar-refractivity contribution < 1.29 is 23.5 Å². The lowest BCUT2D eigenvalue weighted by atomic mass is 10.0. The molecule has 0 saturated heterocycles. The van der Waals surface area contributed by atoms with Crippen LogP contribution in [0.15, 0.2) is 48.5 Å². The number of halogens is 1. The molecule has 29 heavy (non-hydrogen) atoms. The van der Waals surface area contributed by atoms with Crippen LogP contribution >= 0.6 is 0 Å². The van der Waals surface area contributed by atoms with Crippen molar-refractivity contribution in [2.24, 2.45) is 5.73 Å². The number of hydrogen-bond donors (Lipinski definition) is 2. The highest BCUT2D eigenvalue weighted by atomic mass is 19.1. The number of carbonyl (C=O) groups is 3. The summed E-state index contributed by atoms with van der Waals surface area (Å²) in [6.45, 7) is 5.20. The fraction of sp³-hybridized carbons (Fsp3) is 0.286. The number of nitrogens with zero attached hydrogens (tertiary/aromatic N) is 1. The summed E-state index contributed by atoms with van der Waals surface area (Å²) in [6.07, 6.45) is -0.662. The van der Waals surface area contributed by atoms with Crippen LogP contribution in [-0.2, 0) is 9.53 Å². The number of primary amides is 1. The van der Waals surface area contributed by atoms with E-state index in [1.807, 2.05) is 0 Å². The number of nitrogens with two attached hydrogens (primary N) is 1. The number of likely N-dealkylation sites (N-methyl/N-ethyl adjacent to an activating group) is 1. The van der Waals surface area contributed by atoms with Gasteiger partial charge in [-0.1, -0.05) is 18.2 Å². The number of amides is 3. The monoisotopic (exact) mass is 401 g/mol. The Balaban J connectivity index is 2.24. The second-order valence-electron chi connectivity index (χ2n) is 7.48. The van der Waals surface area contributed by atoms with E-state index in [2.05, 4.69) is 5.32 Å². The van der Waals surface area contributed by atoms with E-state index in [-0.39, 0.29) is 11.1 Å². The minimum atomic E-state index is -1.15. The van der Waals surface area contributed by atoms with Gasteiger partial charge in [-0.15, -0.1) is 0 Å². The van der Waals surface area contributed by atoms with Gasteiger partial charge in [-0.25, -0.2) is 9.18 Å². The molecule has 7 nitrogen and oxygen atoms in total. The van der Waals surface area contributed by atoms with E-state index in [0.29, 0.717) is 5.69 Å². The molecule has 2 rings (SSSR count). The van der Waals surface area contributed by atoms with Gasteiger partial charge in [0.05, 0.1) is 0 Å². The van der Waals surface area contributed by atoms with E-state index >= 15 is 0 Å². The Kier molecular flexibility index (Phi) is 6.58. The van der Waals surface area contributed by atoms with E-state index in [4.69, 9.17) is 10.5 Å². The summed E-state index contributed by atoms with van der Waals surface area (Å²) in [7, 11) is 1.40. The number of nitrogens with one attached hydrogen (secondary N) is 1. The fourth-order valence-electron chi connectivity index (χ4n) is 2.73. The van der Waals surface area contributed by atoms with Crippen LogP contribution < -0.4 is 11.1 Å². The maximum atomic E-state index is 13.6. The van der Waals surface area contributed by atoms with Gasteiger partial charge < -0.3 is 15.4 Å². The lowest BCUT2D eigenvalue weighted by Crippen LogP contribution is -2.39. The summed E-state index contributed by atoms with van der Waals surface area (Å²) in [5.41, 5.74) is 5.61. The highest BCUT2D eigenvalue weighted by Gasteiger charge is 2.28. The highest BCUT2D eigenvalue weighted by Crippen LogP contribution is 2.23. The van der Waals surface area contributed by atoms with Crippen molar-refractivity contribution >= 4 is 23.6 Å². The number of anilines is 1. The third kappa shape index (κ3) is 6.03. The minimum Gasteiger partial charge on any atom is -0.444 e. The van der Waals surface area contributed by atoms with Gasteiger partial charge in [0.2, 0.25) is 5.91 Å². The molecule has 3 amide bonds. The predicted octanol–water partition coefficient (Wildman–Crippen LogP) is 3.47. The molecular formula is C21H24FN3O4.